The fourth-order valence-corrected chi connectivity index (χ4v) is 1.90. The number of amidine groups is 1. The van der Waals surface area contributed by atoms with Crippen molar-refractivity contribution in [2.24, 2.45) is 10.9 Å². The molecule has 0 aliphatic carbocycles. The van der Waals surface area contributed by atoms with Crippen LogP contribution in [0.5, 0.6) is 0 Å². The zero-order chi connectivity index (χ0) is 13.0. The van der Waals surface area contributed by atoms with Crippen LogP contribution in [0.4, 0.5) is 10.1 Å². The van der Waals surface area contributed by atoms with Crippen molar-refractivity contribution >= 4 is 34.7 Å². The van der Waals surface area contributed by atoms with Crippen LogP contribution in [0.25, 0.3) is 0 Å². The average molecular weight is 280 g/mol. The van der Waals surface area contributed by atoms with Gasteiger partial charge in [0.2, 0.25) is 0 Å². The Bertz CT molecular complexity index is 417. The zero-order valence-corrected chi connectivity index (χ0v) is 10.6. The molecule has 0 aliphatic heterocycles. The summed E-state index contributed by atoms with van der Waals surface area (Å²) in [6.45, 7) is 1.80. The van der Waals surface area contributed by atoms with Crippen LogP contribution in [0.3, 0.4) is 0 Å². The lowest BCUT2D eigenvalue weighted by atomic mass is 10.2. The summed E-state index contributed by atoms with van der Waals surface area (Å²) >= 11 is 11.7. The number of rotatable bonds is 4. The molecular formula is C10H12Cl2FN3O. The van der Waals surface area contributed by atoms with E-state index in [9.17, 15) is 4.39 Å². The number of anilines is 1. The first kappa shape index (κ1) is 13.9. The van der Waals surface area contributed by atoms with Crippen LogP contribution in [0.1, 0.15) is 13.3 Å². The van der Waals surface area contributed by atoms with Crippen LogP contribution in [0, 0.1) is 5.82 Å². The fraction of sp³-hybridized carbons (Fsp3) is 0.300. The Morgan fingerprint density at radius 2 is 2.06 bits per heavy atom. The number of oxime groups is 1. The van der Waals surface area contributed by atoms with Gasteiger partial charge in [-0.15, -0.1) is 0 Å². The third kappa shape index (κ3) is 3.94. The van der Waals surface area contributed by atoms with E-state index in [0.29, 0.717) is 12.1 Å². The van der Waals surface area contributed by atoms with E-state index < -0.39 is 5.82 Å². The van der Waals surface area contributed by atoms with Crippen LogP contribution in [-0.2, 0) is 0 Å². The molecule has 4 N–H and O–H groups in total. The summed E-state index contributed by atoms with van der Waals surface area (Å²) in [5.41, 5.74) is 5.79. The van der Waals surface area contributed by atoms with Gasteiger partial charge in [0.15, 0.2) is 0 Å². The van der Waals surface area contributed by atoms with Crippen LogP contribution in [0.2, 0.25) is 10.0 Å². The van der Waals surface area contributed by atoms with Gasteiger partial charge in [-0.1, -0.05) is 28.4 Å². The minimum Gasteiger partial charge on any atom is -0.409 e. The van der Waals surface area contributed by atoms with E-state index in [1.165, 1.54) is 0 Å². The van der Waals surface area contributed by atoms with Crippen molar-refractivity contribution in [2.75, 3.05) is 5.32 Å². The summed E-state index contributed by atoms with van der Waals surface area (Å²) in [5, 5.41) is 14.6. The highest BCUT2D eigenvalue weighted by atomic mass is 35.5. The molecule has 0 aliphatic rings. The molecule has 0 bridgehead atoms. The summed E-state index contributed by atoms with van der Waals surface area (Å²) < 4.78 is 12.9. The molecular weight excluding hydrogens is 268 g/mol. The zero-order valence-electron chi connectivity index (χ0n) is 9.04. The van der Waals surface area contributed by atoms with E-state index in [2.05, 4.69) is 10.5 Å². The number of hydrogen-bond donors (Lipinski definition) is 3. The van der Waals surface area contributed by atoms with Gasteiger partial charge in [-0.25, -0.2) is 4.39 Å². The van der Waals surface area contributed by atoms with Crippen LogP contribution in [-0.4, -0.2) is 17.1 Å². The largest absolute Gasteiger partial charge is 0.409 e. The Hall–Kier alpha value is -1.20. The van der Waals surface area contributed by atoms with E-state index in [0.717, 1.165) is 12.1 Å². The standard InChI is InChI=1S/C10H12Cl2FN3O/c1-5(2-9(14)16-17)15-10-7(11)3-6(13)4-8(10)12/h3-5,15,17H,2H2,1H3,(H2,14,16). The average Bonchev–Trinajstić information content (AvgIpc) is 2.23. The highest BCUT2D eigenvalue weighted by molar-refractivity contribution is 6.39. The number of nitrogens with two attached hydrogens (primary N) is 1. The third-order valence-electron chi connectivity index (χ3n) is 2.04. The molecule has 1 atom stereocenters. The SMILES string of the molecule is CC(CC(N)=NO)Nc1c(Cl)cc(F)cc1Cl. The number of benzene rings is 1. The van der Waals surface area contributed by atoms with E-state index >= 15 is 0 Å². The van der Waals surface area contributed by atoms with Gasteiger partial charge in [-0.3, -0.25) is 0 Å². The molecule has 1 aromatic carbocycles. The molecule has 1 rings (SSSR count). The molecule has 0 fully saturated rings. The van der Waals surface area contributed by atoms with Crippen LogP contribution in [0.15, 0.2) is 17.3 Å². The molecule has 0 saturated heterocycles. The molecule has 0 spiro atoms. The second-order valence-electron chi connectivity index (χ2n) is 3.59. The van der Waals surface area contributed by atoms with Crippen molar-refractivity contribution in [1.29, 1.82) is 0 Å². The molecule has 0 saturated carbocycles. The van der Waals surface area contributed by atoms with E-state index in [4.69, 9.17) is 34.1 Å². The maximum Gasteiger partial charge on any atom is 0.141 e. The Kier molecular flexibility index (Phi) is 4.84. The Labute approximate surface area is 108 Å². The summed E-state index contributed by atoms with van der Waals surface area (Å²) in [7, 11) is 0. The Morgan fingerprint density at radius 1 is 1.53 bits per heavy atom. The second kappa shape index (κ2) is 5.93. The van der Waals surface area contributed by atoms with E-state index in [1.54, 1.807) is 6.92 Å². The lowest BCUT2D eigenvalue weighted by Gasteiger charge is -2.16. The monoisotopic (exact) mass is 279 g/mol. The first-order chi connectivity index (χ1) is 7.93. The topological polar surface area (TPSA) is 70.6 Å². The minimum absolute atomic E-state index is 0.0827. The Morgan fingerprint density at radius 3 is 2.53 bits per heavy atom. The van der Waals surface area contributed by atoms with Gasteiger partial charge < -0.3 is 16.3 Å². The quantitative estimate of drug-likeness (QED) is 0.343. The van der Waals surface area contributed by atoms with Gasteiger partial charge in [0.1, 0.15) is 11.7 Å². The maximum atomic E-state index is 12.9. The van der Waals surface area contributed by atoms with E-state index in [1.807, 2.05) is 0 Å². The smallest absolute Gasteiger partial charge is 0.141 e. The summed E-state index contributed by atoms with van der Waals surface area (Å²) in [5.74, 6) is -0.422. The number of halogens is 3. The molecule has 94 valence electrons. The van der Waals surface area contributed by atoms with Crippen molar-refractivity contribution < 1.29 is 9.60 Å². The van der Waals surface area contributed by atoms with Gasteiger partial charge in [0.25, 0.3) is 0 Å². The van der Waals surface area contributed by atoms with Crippen molar-refractivity contribution in [2.45, 2.75) is 19.4 Å². The third-order valence-corrected chi connectivity index (χ3v) is 2.64. The van der Waals surface area contributed by atoms with Gasteiger partial charge in [0, 0.05) is 12.5 Å². The Balaban J connectivity index is 2.81. The van der Waals surface area contributed by atoms with Crippen molar-refractivity contribution in [3.63, 3.8) is 0 Å². The number of hydrogen-bond acceptors (Lipinski definition) is 3. The van der Waals surface area contributed by atoms with Gasteiger partial charge >= 0.3 is 0 Å². The molecule has 7 heteroatoms. The van der Waals surface area contributed by atoms with Crippen LogP contribution >= 0.6 is 23.2 Å². The predicted octanol–water partition coefficient (Wildman–Crippen LogP) is 3.07. The fourth-order valence-electron chi connectivity index (χ4n) is 1.33. The van der Waals surface area contributed by atoms with Crippen LogP contribution < -0.4 is 11.1 Å². The molecule has 0 heterocycles. The van der Waals surface area contributed by atoms with Gasteiger partial charge in [0.05, 0.1) is 15.7 Å². The second-order valence-corrected chi connectivity index (χ2v) is 4.40. The number of nitrogens with one attached hydrogen (secondary N) is 1. The molecule has 4 nitrogen and oxygen atoms in total. The lowest BCUT2D eigenvalue weighted by molar-refractivity contribution is 0.316. The van der Waals surface area contributed by atoms with Crippen molar-refractivity contribution in [3.05, 3.63) is 28.0 Å². The molecule has 17 heavy (non-hydrogen) atoms. The highest BCUT2D eigenvalue weighted by Crippen LogP contribution is 2.32. The van der Waals surface area contributed by atoms with Gasteiger partial charge in [-0.2, -0.15) is 0 Å². The highest BCUT2D eigenvalue weighted by Gasteiger charge is 2.12. The summed E-state index contributed by atoms with van der Waals surface area (Å²) in [6.07, 6.45) is 0.306. The predicted molar refractivity (Wildman–Crippen MR) is 67.5 cm³/mol. The molecule has 0 amide bonds. The lowest BCUT2D eigenvalue weighted by Crippen LogP contribution is -2.24. The molecule has 0 radical (unpaired) electrons. The van der Waals surface area contributed by atoms with Gasteiger partial charge in [-0.05, 0) is 19.1 Å². The normalized spacial score (nSPS) is 13.5. The molecule has 1 aromatic rings. The number of nitrogens with zero attached hydrogens (tertiary/aromatic N) is 1. The maximum absolute atomic E-state index is 12.9. The summed E-state index contributed by atoms with van der Waals surface area (Å²) in [6, 6.07) is 2.16. The molecule has 0 aromatic heterocycles. The first-order valence-electron chi connectivity index (χ1n) is 4.81. The minimum atomic E-state index is -0.505. The van der Waals surface area contributed by atoms with Crippen molar-refractivity contribution in [3.8, 4) is 0 Å². The molecule has 1 unspecified atom stereocenters. The van der Waals surface area contributed by atoms with E-state index in [-0.39, 0.29) is 21.9 Å². The van der Waals surface area contributed by atoms with Crippen molar-refractivity contribution in [1.82, 2.24) is 0 Å². The first-order valence-corrected chi connectivity index (χ1v) is 5.57. The summed E-state index contributed by atoms with van der Waals surface area (Å²) in [4.78, 5) is 0.